The number of hydrogen-bond acceptors (Lipinski definition) is 3. The van der Waals surface area contributed by atoms with E-state index in [9.17, 15) is 4.79 Å². The number of benzene rings is 1. The predicted molar refractivity (Wildman–Crippen MR) is 60.0 cm³/mol. The summed E-state index contributed by atoms with van der Waals surface area (Å²) in [5, 5.41) is 3.78. The minimum Gasteiger partial charge on any atom is -0.363 e. The molecule has 70 valence electrons. The van der Waals surface area contributed by atoms with Crippen LogP contribution in [0.5, 0.6) is 0 Å². The number of aldehydes is 1. The Labute approximate surface area is 94.2 Å². The summed E-state index contributed by atoms with van der Waals surface area (Å²) in [5.41, 5.74) is 1.96. The highest BCUT2D eigenvalue weighted by molar-refractivity contribution is 14.1. The van der Waals surface area contributed by atoms with Gasteiger partial charge in [0.15, 0.2) is 6.29 Å². The Morgan fingerprint density at radius 2 is 2.00 bits per heavy atom. The second kappa shape index (κ2) is 3.91. The van der Waals surface area contributed by atoms with Gasteiger partial charge in [0, 0.05) is 9.13 Å². The molecule has 1 aromatic heterocycles. The van der Waals surface area contributed by atoms with Crippen molar-refractivity contribution < 1.29 is 9.32 Å². The fraction of sp³-hybridized carbons (Fsp3) is 0. The van der Waals surface area contributed by atoms with Crippen LogP contribution in [0, 0.1) is 3.57 Å². The summed E-state index contributed by atoms with van der Waals surface area (Å²) in [5.74, 6) is 0. The summed E-state index contributed by atoms with van der Waals surface area (Å²) in [6.45, 7) is 0. The van der Waals surface area contributed by atoms with E-state index in [0.717, 1.165) is 15.4 Å². The number of carbonyl (C=O) groups is 1. The van der Waals surface area contributed by atoms with Crippen molar-refractivity contribution in [3.05, 3.63) is 39.7 Å². The fourth-order valence-electron chi connectivity index (χ4n) is 1.16. The van der Waals surface area contributed by atoms with Crippen molar-refractivity contribution in [3.8, 4) is 11.3 Å². The Bertz CT molecular complexity index is 447. The zero-order chi connectivity index (χ0) is 9.97. The Balaban J connectivity index is 2.49. The molecular weight excluding hydrogens is 293 g/mol. The van der Waals surface area contributed by atoms with Gasteiger partial charge >= 0.3 is 0 Å². The molecule has 0 N–H and O–H groups in total. The van der Waals surface area contributed by atoms with Gasteiger partial charge in [0.1, 0.15) is 12.0 Å². The Hall–Kier alpha value is -1.17. The SMILES string of the molecule is O=Cc1conc1-c1ccc(I)cc1. The number of carbonyl (C=O) groups excluding carboxylic acids is 1. The molecule has 1 heterocycles. The summed E-state index contributed by atoms with van der Waals surface area (Å²) in [6.07, 6.45) is 2.09. The minimum absolute atomic E-state index is 0.478. The maximum Gasteiger partial charge on any atom is 0.155 e. The standard InChI is InChI=1S/C10H6INO2/c11-9-3-1-7(2-4-9)10-8(5-13)6-14-12-10/h1-6H. The predicted octanol–water partition coefficient (Wildman–Crippen LogP) is 2.76. The number of rotatable bonds is 2. The Morgan fingerprint density at radius 3 is 2.64 bits per heavy atom. The van der Waals surface area contributed by atoms with E-state index in [1.807, 2.05) is 24.3 Å². The first kappa shape index (κ1) is 9.39. The summed E-state index contributed by atoms with van der Waals surface area (Å²) >= 11 is 2.22. The lowest BCUT2D eigenvalue weighted by Crippen LogP contribution is -1.83. The van der Waals surface area contributed by atoms with Crippen molar-refractivity contribution in [2.75, 3.05) is 0 Å². The maximum absolute atomic E-state index is 10.6. The van der Waals surface area contributed by atoms with Crippen LogP contribution in [0.1, 0.15) is 10.4 Å². The molecule has 0 spiro atoms. The van der Waals surface area contributed by atoms with Gasteiger partial charge in [0.25, 0.3) is 0 Å². The molecule has 2 aromatic rings. The third-order valence-corrected chi connectivity index (χ3v) is 2.56. The molecule has 0 saturated heterocycles. The van der Waals surface area contributed by atoms with E-state index in [1.54, 1.807) is 0 Å². The molecule has 0 bridgehead atoms. The number of aromatic nitrogens is 1. The lowest BCUT2D eigenvalue weighted by atomic mass is 10.1. The molecule has 0 aliphatic rings. The molecule has 0 unspecified atom stereocenters. The van der Waals surface area contributed by atoms with Crippen LogP contribution in [0.3, 0.4) is 0 Å². The molecule has 0 aliphatic carbocycles. The molecule has 0 saturated carbocycles. The van der Waals surface area contributed by atoms with Crippen LogP contribution in [-0.4, -0.2) is 11.4 Å². The van der Waals surface area contributed by atoms with E-state index >= 15 is 0 Å². The van der Waals surface area contributed by atoms with Crippen LogP contribution < -0.4 is 0 Å². The third kappa shape index (κ3) is 1.70. The van der Waals surface area contributed by atoms with Crippen molar-refractivity contribution >= 4 is 28.9 Å². The van der Waals surface area contributed by atoms with Crippen LogP contribution in [-0.2, 0) is 0 Å². The van der Waals surface area contributed by atoms with Crippen molar-refractivity contribution in [1.82, 2.24) is 5.16 Å². The molecular formula is C10H6INO2. The Morgan fingerprint density at radius 1 is 1.29 bits per heavy atom. The monoisotopic (exact) mass is 299 g/mol. The lowest BCUT2D eigenvalue weighted by Gasteiger charge is -1.96. The van der Waals surface area contributed by atoms with E-state index in [4.69, 9.17) is 4.52 Å². The van der Waals surface area contributed by atoms with Crippen LogP contribution in [0.25, 0.3) is 11.3 Å². The number of halogens is 1. The van der Waals surface area contributed by atoms with Crippen molar-refractivity contribution in [2.24, 2.45) is 0 Å². The molecule has 4 heteroatoms. The molecule has 0 atom stereocenters. The molecule has 3 nitrogen and oxygen atoms in total. The van der Waals surface area contributed by atoms with Gasteiger partial charge in [-0.1, -0.05) is 17.3 Å². The average Bonchev–Trinajstić information content (AvgIpc) is 2.67. The van der Waals surface area contributed by atoms with E-state index in [-0.39, 0.29) is 0 Å². The molecule has 2 rings (SSSR count). The second-order valence-electron chi connectivity index (χ2n) is 2.74. The van der Waals surface area contributed by atoms with Gasteiger partial charge < -0.3 is 4.52 Å². The maximum atomic E-state index is 10.6. The van der Waals surface area contributed by atoms with Gasteiger partial charge in [0.05, 0.1) is 5.56 Å². The minimum atomic E-state index is 0.478. The highest BCUT2D eigenvalue weighted by Gasteiger charge is 2.08. The van der Waals surface area contributed by atoms with Gasteiger partial charge in [-0.2, -0.15) is 0 Å². The lowest BCUT2D eigenvalue weighted by molar-refractivity contribution is 0.112. The highest BCUT2D eigenvalue weighted by atomic mass is 127. The molecule has 0 aliphatic heterocycles. The van der Waals surface area contributed by atoms with Gasteiger partial charge in [-0.15, -0.1) is 0 Å². The van der Waals surface area contributed by atoms with E-state index in [1.165, 1.54) is 6.26 Å². The highest BCUT2D eigenvalue weighted by Crippen LogP contribution is 2.21. The Kier molecular flexibility index (Phi) is 2.62. The first-order valence-corrected chi connectivity index (χ1v) is 5.04. The van der Waals surface area contributed by atoms with Crippen LogP contribution in [0.4, 0.5) is 0 Å². The number of nitrogens with zero attached hydrogens (tertiary/aromatic N) is 1. The summed E-state index contributed by atoms with van der Waals surface area (Å²) in [6, 6.07) is 7.73. The van der Waals surface area contributed by atoms with E-state index < -0.39 is 0 Å². The summed E-state index contributed by atoms with van der Waals surface area (Å²) in [4.78, 5) is 10.6. The average molecular weight is 299 g/mol. The zero-order valence-electron chi connectivity index (χ0n) is 7.11. The van der Waals surface area contributed by atoms with Crippen molar-refractivity contribution in [2.45, 2.75) is 0 Å². The number of hydrogen-bond donors (Lipinski definition) is 0. The molecule has 14 heavy (non-hydrogen) atoms. The van der Waals surface area contributed by atoms with Gasteiger partial charge in [-0.25, -0.2) is 0 Å². The molecule has 1 aromatic carbocycles. The van der Waals surface area contributed by atoms with Crippen LogP contribution in [0.2, 0.25) is 0 Å². The van der Waals surface area contributed by atoms with E-state index in [2.05, 4.69) is 27.7 Å². The zero-order valence-corrected chi connectivity index (χ0v) is 9.26. The smallest absolute Gasteiger partial charge is 0.155 e. The topological polar surface area (TPSA) is 43.1 Å². The van der Waals surface area contributed by atoms with Crippen LogP contribution in [0.15, 0.2) is 35.1 Å². The third-order valence-electron chi connectivity index (χ3n) is 1.84. The van der Waals surface area contributed by atoms with Gasteiger partial charge in [0.2, 0.25) is 0 Å². The summed E-state index contributed by atoms with van der Waals surface area (Å²) in [7, 11) is 0. The van der Waals surface area contributed by atoms with Gasteiger partial charge in [-0.05, 0) is 34.7 Å². The first-order chi connectivity index (χ1) is 6.81. The molecule has 0 radical (unpaired) electrons. The van der Waals surface area contributed by atoms with Crippen molar-refractivity contribution in [1.29, 1.82) is 0 Å². The quantitative estimate of drug-likeness (QED) is 0.632. The first-order valence-electron chi connectivity index (χ1n) is 3.97. The van der Waals surface area contributed by atoms with E-state index in [0.29, 0.717) is 11.3 Å². The van der Waals surface area contributed by atoms with Gasteiger partial charge in [-0.3, -0.25) is 4.79 Å². The normalized spacial score (nSPS) is 10.1. The largest absolute Gasteiger partial charge is 0.363 e. The molecule has 0 amide bonds. The van der Waals surface area contributed by atoms with Crippen molar-refractivity contribution in [3.63, 3.8) is 0 Å². The summed E-state index contributed by atoms with van der Waals surface area (Å²) < 4.78 is 5.88. The fourth-order valence-corrected chi connectivity index (χ4v) is 1.51. The molecule has 0 fully saturated rings. The van der Waals surface area contributed by atoms with Crippen LogP contribution >= 0.6 is 22.6 Å². The second-order valence-corrected chi connectivity index (χ2v) is 3.99.